The molecule has 0 aliphatic heterocycles. The second-order valence-corrected chi connectivity index (χ2v) is 10.4. The summed E-state index contributed by atoms with van der Waals surface area (Å²) >= 11 is 0. The molecule has 0 spiro atoms. The Morgan fingerprint density at radius 1 is 0.974 bits per heavy atom. The van der Waals surface area contributed by atoms with Gasteiger partial charge in [0.15, 0.2) is 0 Å². The van der Waals surface area contributed by atoms with Crippen LogP contribution in [0.5, 0.6) is 0 Å². The standard InChI is InChI=1S/C29H33N9/c1-35(2)12-13-38-11-10-24(33-38)16-27-30-17-22-8-9-25-28(29(22)32-27)26(37(4)34-25)15-20-6-5-7-21(14-20)23-18-31-36(3)19-23/h5-7,10-11,14,17-19H,8-9,12-13,15-16H2,1-4H3. The van der Waals surface area contributed by atoms with Gasteiger partial charge in [0.2, 0.25) is 0 Å². The van der Waals surface area contributed by atoms with Crippen LogP contribution >= 0.6 is 0 Å². The van der Waals surface area contributed by atoms with E-state index in [1.54, 1.807) is 0 Å². The highest BCUT2D eigenvalue weighted by Crippen LogP contribution is 2.35. The molecule has 6 rings (SSSR count). The van der Waals surface area contributed by atoms with Crippen LogP contribution in [0.15, 0.2) is 55.1 Å². The number of hydrogen-bond acceptors (Lipinski definition) is 6. The normalized spacial score (nSPS) is 12.7. The van der Waals surface area contributed by atoms with Gasteiger partial charge in [-0.3, -0.25) is 14.0 Å². The molecule has 0 saturated carbocycles. The van der Waals surface area contributed by atoms with E-state index in [0.717, 1.165) is 60.8 Å². The van der Waals surface area contributed by atoms with Crippen LogP contribution in [0.25, 0.3) is 22.4 Å². The van der Waals surface area contributed by atoms with Crippen molar-refractivity contribution >= 4 is 0 Å². The van der Waals surface area contributed by atoms with E-state index in [9.17, 15) is 0 Å². The fourth-order valence-corrected chi connectivity index (χ4v) is 5.16. The van der Waals surface area contributed by atoms with E-state index >= 15 is 0 Å². The van der Waals surface area contributed by atoms with Gasteiger partial charge < -0.3 is 4.90 Å². The predicted molar refractivity (Wildman–Crippen MR) is 147 cm³/mol. The van der Waals surface area contributed by atoms with E-state index in [2.05, 4.69) is 54.4 Å². The summed E-state index contributed by atoms with van der Waals surface area (Å²) in [7, 11) is 8.13. The zero-order chi connectivity index (χ0) is 26.2. The van der Waals surface area contributed by atoms with Crippen molar-refractivity contribution < 1.29 is 0 Å². The number of aryl methyl sites for hydroxylation is 4. The average molecular weight is 508 g/mol. The van der Waals surface area contributed by atoms with Crippen LogP contribution in [0.1, 0.15) is 34.0 Å². The zero-order valence-corrected chi connectivity index (χ0v) is 22.5. The topological polar surface area (TPSA) is 82.5 Å². The molecular weight excluding hydrogens is 474 g/mol. The van der Waals surface area contributed by atoms with Gasteiger partial charge >= 0.3 is 0 Å². The smallest absolute Gasteiger partial charge is 0.134 e. The third-order valence-electron chi connectivity index (χ3n) is 7.17. The van der Waals surface area contributed by atoms with E-state index in [-0.39, 0.29) is 0 Å². The van der Waals surface area contributed by atoms with Crippen molar-refractivity contribution in [1.29, 1.82) is 0 Å². The SMILES string of the molecule is CN(C)CCn1ccc(Cc2ncc3c(n2)-c2c(nn(C)c2Cc2cccc(-c4cnn(C)c4)c2)CC3)n1. The van der Waals surface area contributed by atoms with Crippen molar-refractivity contribution in [2.75, 3.05) is 20.6 Å². The molecule has 1 aliphatic rings. The van der Waals surface area contributed by atoms with Crippen LogP contribution < -0.4 is 0 Å². The molecule has 4 heterocycles. The summed E-state index contributed by atoms with van der Waals surface area (Å²) in [6.45, 7) is 1.82. The number of benzene rings is 1. The quantitative estimate of drug-likeness (QED) is 0.321. The molecule has 5 aromatic rings. The molecule has 38 heavy (non-hydrogen) atoms. The Labute approximate surface area is 222 Å². The van der Waals surface area contributed by atoms with Gasteiger partial charge in [0.25, 0.3) is 0 Å². The predicted octanol–water partition coefficient (Wildman–Crippen LogP) is 3.32. The Kier molecular flexibility index (Phi) is 6.37. The van der Waals surface area contributed by atoms with Gasteiger partial charge in [-0.05, 0) is 49.7 Å². The number of fused-ring (bicyclic) bond motifs is 3. The number of rotatable bonds is 8. The van der Waals surface area contributed by atoms with Gasteiger partial charge in [0.05, 0.1) is 41.9 Å². The lowest BCUT2D eigenvalue weighted by atomic mass is 9.91. The van der Waals surface area contributed by atoms with Crippen molar-refractivity contribution in [1.82, 2.24) is 44.2 Å². The third kappa shape index (κ3) is 4.89. The average Bonchev–Trinajstić information content (AvgIpc) is 3.62. The van der Waals surface area contributed by atoms with Crippen molar-refractivity contribution in [3.8, 4) is 22.4 Å². The largest absolute Gasteiger partial charge is 0.308 e. The summed E-state index contributed by atoms with van der Waals surface area (Å²) in [6, 6.07) is 10.7. The lowest BCUT2D eigenvalue weighted by Crippen LogP contribution is -2.18. The summed E-state index contributed by atoms with van der Waals surface area (Å²) in [4.78, 5) is 12.0. The van der Waals surface area contributed by atoms with Gasteiger partial charge in [-0.25, -0.2) is 9.97 Å². The molecule has 194 valence electrons. The second-order valence-electron chi connectivity index (χ2n) is 10.4. The van der Waals surface area contributed by atoms with Crippen LogP contribution in [-0.4, -0.2) is 64.8 Å². The van der Waals surface area contributed by atoms with Crippen molar-refractivity contribution in [2.24, 2.45) is 14.1 Å². The molecule has 0 saturated heterocycles. The molecule has 4 aromatic heterocycles. The first-order valence-corrected chi connectivity index (χ1v) is 13.1. The maximum atomic E-state index is 5.08. The number of likely N-dealkylation sites (N-methyl/N-ethyl adjacent to an activating group) is 1. The maximum Gasteiger partial charge on any atom is 0.134 e. The van der Waals surface area contributed by atoms with Crippen molar-refractivity contribution in [2.45, 2.75) is 32.2 Å². The van der Waals surface area contributed by atoms with E-state index in [4.69, 9.17) is 20.2 Å². The van der Waals surface area contributed by atoms with Crippen LogP contribution in [-0.2, 0) is 46.3 Å². The highest BCUT2D eigenvalue weighted by Gasteiger charge is 2.26. The molecule has 9 nitrogen and oxygen atoms in total. The van der Waals surface area contributed by atoms with Crippen molar-refractivity contribution in [3.05, 3.63) is 89.2 Å². The first-order valence-electron chi connectivity index (χ1n) is 13.1. The maximum absolute atomic E-state index is 5.08. The first-order chi connectivity index (χ1) is 18.4. The molecular formula is C29H33N9. The summed E-state index contributed by atoms with van der Waals surface area (Å²) in [5.41, 5.74) is 10.2. The Bertz CT molecular complexity index is 1590. The number of hydrogen-bond donors (Lipinski definition) is 0. The molecule has 0 bridgehead atoms. The molecule has 0 fully saturated rings. The van der Waals surface area contributed by atoms with Gasteiger partial charge in [0, 0.05) is 56.8 Å². The van der Waals surface area contributed by atoms with Gasteiger partial charge in [0.1, 0.15) is 5.82 Å². The lowest BCUT2D eigenvalue weighted by molar-refractivity contribution is 0.372. The Balaban J connectivity index is 1.29. The molecule has 0 radical (unpaired) electrons. The molecule has 0 unspecified atom stereocenters. The Hall–Kier alpha value is -4.11. The van der Waals surface area contributed by atoms with Crippen LogP contribution in [0, 0.1) is 0 Å². The first kappa shape index (κ1) is 24.2. The minimum absolute atomic E-state index is 0.611. The fourth-order valence-electron chi connectivity index (χ4n) is 5.16. The molecule has 1 aliphatic carbocycles. The van der Waals surface area contributed by atoms with Crippen LogP contribution in [0.4, 0.5) is 0 Å². The van der Waals surface area contributed by atoms with Gasteiger partial charge in [-0.2, -0.15) is 15.3 Å². The minimum atomic E-state index is 0.611. The molecule has 0 amide bonds. The summed E-state index contributed by atoms with van der Waals surface area (Å²) in [6.07, 6.45) is 11.2. The second kappa shape index (κ2) is 9.98. The number of aromatic nitrogens is 8. The highest BCUT2D eigenvalue weighted by molar-refractivity contribution is 5.71. The fraction of sp³-hybridized carbons (Fsp3) is 0.345. The third-order valence-corrected chi connectivity index (χ3v) is 7.17. The van der Waals surface area contributed by atoms with Gasteiger partial charge in [-0.1, -0.05) is 24.3 Å². The zero-order valence-electron chi connectivity index (χ0n) is 22.5. The Morgan fingerprint density at radius 2 is 1.87 bits per heavy atom. The molecule has 9 heteroatoms. The Morgan fingerprint density at radius 3 is 2.68 bits per heavy atom. The monoisotopic (exact) mass is 507 g/mol. The lowest BCUT2D eigenvalue weighted by Gasteiger charge is -2.16. The highest BCUT2D eigenvalue weighted by atomic mass is 15.3. The molecule has 1 aromatic carbocycles. The van der Waals surface area contributed by atoms with E-state index in [1.165, 1.54) is 27.9 Å². The number of nitrogens with zero attached hydrogens (tertiary/aromatic N) is 9. The van der Waals surface area contributed by atoms with Crippen LogP contribution in [0.3, 0.4) is 0 Å². The molecule has 0 atom stereocenters. The molecule has 0 N–H and O–H groups in total. The van der Waals surface area contributed by atoms with Crippen molar-refractivity contribution in [3.63, 3.8) is 0 Å². The van der Waals surface area contributed by atoms with E-state index in [1.807, 2.05) is 52.9 Å². The van der Waals surface area contributed by atoms with Gasteiger partial charge in [-0.15, -0.1) is 0 Å². The van der Waals surface area contributed by atoms with Crippen LogP contribution in [0.2, 0.25) is 0 Å². The summed E-state index contributed by atoms with van der Waals surface area (Å²) < 4.78 is 5.86. The minimum Gasteiger partial charge on any atom is -0.308 e. The van der Waals surface area contributed by atoms with E-state index in [0.29, 0.717) is 6.42 Å². The summed E-state index contributed by atoms with van der Waals surface area (Å²) in [5, 5.41) is 14.0. The van der Waals surface area contributed by atoms with E-state index < -0.39 is 0 Å². The summed E-state index contributed by atoms with van der Waals surface area (Å²) in [5.74, 6) is 0.794.